The van der Waals surface area contributed by atoms with E-state index in [1.165, 1.54) is 36.7 Å². The number of nitrogens with one attached hydrogen (secondary N) is 1. The van der Waals surface area contributed by atoms with Crippen molar-refractivity contribution in [3.63, 3.8) is 0 Å². The van der Waals surface area contributed by atoms with Crippen molar-refractivity contribution in [2.24, 2.45) is 0 Å². The summed E-state index contributed by atoms with van der Waals surface area (Å²) in [5, 5.41) is 13.8. The normalized spacial score (nSPS) is 15.1. The van der Waals surface area contributed by atoms with Crippen LogP contribution >= 0.6 is 11.8 Å². The molecule has 0 spiro atoms. The fourth-order valence-corrected chi connectivity index (χ4v) is 4.16. The van der Waals surface area contributed by atoms with Gasteiger partial charge >= 0.3 is 0 Å². The molecular weight excluding hydrogens is 390 g/mol. The maximum atomic E-state index is 12.4. The van der Waals surface area contributed by atoms with Crippen LogP contribution < -0.4 is 10.1 Å². The molecule has 1 amide bonds. The van der Waals surface area contributed by atoms with Crippen molar-refractivity contribution in [1.29, 1.82) is 0 Å². The zero-order valence-electron chi connectivity index (χ0n) is 16.4. The van der Waals surface area contributed by atoms with E-state index in [-0.39, 0.29) is 23.4 Å². The maximum absolute atomic E-state index is 12.4. The standard InChI is InChI=1S/C21H25N3O4S/c1-28-18-6-4-5-16(13-18)20(23-11-2-3-12-23)14-22-21(25)15-29-19-9-7-17(8-10-19)24(26)27/h4-10,13,20H,2-3,11-12,14-15H2,1H3,(H,22,25). The van der Waals surface area contributed by atoms with Crippen LogP contribution in [0.5, 0.6) is 5.75 Å². The third kappa shape index (κ3) is 5.95. The Kier molecular flexibility index (Phi) is 7.48. The SMILES string of the molecule is COc1cccc(C(CNC(=O)CSc2ccc([N+](=O)[O-])cc2)N2CCCC2)c1. The predicted octanol–water partition coefficient (Wildman–Crippen LogP) is 3.65. The van der Waals surface area contributed by atoms with E-state index in [2.05, 4.69) is 16.3 Å². The summed E-state index contributed by atoms with van der Waals surface area (Å²) in [7, 11) is 1.65. The van der Waals surface area contributed by atoms with Gasteiger partial charge in [-0.25, -0.2) is 0 Å². The maximum Gasteiger partial charge on any atom is 0.269 e. The molecule has 1 N–H and O–H groups in total. The zero-order chi connectivity index (χ0) is 20.6. The van der Waals surface area contributed by atoms with Crippen molar-refractivity contribution in [3.8, 4) is 5.75 Å². The molecule has 3 rings (SSSR count). The number of methoxy groups -OCH3 is 1. The first kappa shape index (κ1) is 21.1. The predicted molar refractivity (Wildman–Crippen MR) is 113 cm³/mol. The number of thioether (sulfide) groups is 1. The highest BCUT2D eigenvalue weighted by Crippen LogP contribution is 2.27. The molecule has 29 heavy (non-hydrogen) atoms. The van der Waals surface area contributed by atoms with Gasteiger partial charge in [0.2, 0.25) is 5.91 Å². The zero-order valence-corrected chi connectivity index (χ0v) is 17.2. The second-order valence-electron chi connectivity index (χ2n) is 6.88. The number of hydrogen-bond acceptors (Lipinski definition) is 6. The van der Waals surface area contributed by atoms with Crippen LogP contribution in [0.3, 0.4) is 0 Å². The van der Waals surface area contributed by atoms with Gasteiger partial charge in [0, 0.05) is 23.6 Å². The first-order chi connectivity index (χ1) is 14.1. The Balaban J connectivity index is 1.56. The molecule has 1 unspecified atom stereocenters. The summed E-state index contributed by atoms with van der Waals surface area (Å²) in [5.41, 5.74) is 1.18. The van der Waals surface area contributed by atoms with Gasteiger partial charge in [-0.05, 0) is 55.8 Å². The minimum atomic E-state index is -0.432. The second kappa shape index (κ2) is 10.3. The Bertz CT molecular complexity index is 838. The number of ether oxygens (including phenoxy) is 1. The average molecular weight is 416 g/mol. The largest absolute Gasteiger partial charge is 0.497 e. The lowest BCUT2D eigenvalue weighted by Gasteiger charge is -2.28. The van der Waals surface area contributed by atoms with Gasteiger partial charge < -0.3 is 10.1 Å². The number of hydrogen-bond donors (Lipinski definition) is 1. The van der Waals surface area contributed by atoms with Crippen molar-refractivity contribution in [3.05, 3.63) is 64.2 Å². The molecule has 1 heterocycles. The molecule has 8 heteroatoms. The molecule has 0 aliphatic carbocycles. The summed E-state index contributed by atoms with van der Waals surface area (Å²) in [5.74, 6) is 1.02. The number of nitro benzene ring substituents is 1. The van der Waals surface area contributed by atoms with Crippen molar-refractivity contribution >= 4 is 23.4 Å². The summed E-state index contributed by atoms with van der Waals surface area (Å²) >= 11 is 1.37. The number of carbonyl (C=O) groups is 1. The van der Waals surface area contributed by atoms with Gasteiger partial charge in [0.1, 0.15) is 5.75 Å². The van der Waals surface area contributed by atoms with Crippen molar-refractivity contribution in [1.82, 2.24) is 10.2 Å². The van der Waals surface area contributed by atoms with Crippen LogP contribution in [0.1, 0.15) is 24.4 Å². The Morgan fingerprint density at radius 3 is 2.62 bits per heavy atom. The first-order valence-electron chi connectivity index (χ1n) is 9.59. The highest BCUT2D eigenvalue weighted by atomic mass is 32.2. The van der Waals surface area contributed by atoms with E-state index in [1.54, 1.807) is 19.2 Å². The van der Waals surface area contributed by atoms with E-state index >= 15 is 0 Å². The lowest BCUT2D eigenvalue weighted by molar-refractivity contribution is -0.384. The topological polar surface area (TPSA) is 84.7 Å². The third-order valence-electron chi connectivity index (χ3n) is 4.97. The lowest BCUT2D eigenvalue weighted by atomic mass is 10.0. The van der Waals surface area contributed by atoms with Crippen LogP contribution in [0.4, 0.5) is 5.69 Å². The monoisotopic (exact) mass is 415 g/mol. The molecule has 2 aromatic carbocycles. The van der Waals surface area contributed by atoms with Gasteiger partial charge in [0.05, 0.1) is 23.8 Å². The Labute approximate surface area is 174 Å². The molecule has 1 aliphatic heterocycles. The Morgan fingerprint density at radius 1 is 1.24 bits per heavy atom. The molecule has 2 aromatic rings. The molecule has 1 fully saturated rings. The van der Waals surface area contributed by atoms with Crippen LogP contribution in [0, 0.1) is 10.1 Å². The summed E-state index contributed by atoms with van der Waals surface area (Å²) in [6.45, 7) is 2.58. The fraction of sp³-hybridized carbons (Fsp3) is 0.381. The summed E-state index contributed by atoms with van der Waals surface area (Å²) < 4.78 is 5.35. The highest BCUT2D eigenvalue weighted by molar-refractivity contribution is 8.00. The lowest BCUT2D eigenvalue weighted by Crippen LogP contribution is -2.37. The molecule has 0 bridgehead atoms. The number of rotatable bonds is 9. The molecule has 0 aromatic heterocycles. The van der Waals surface area contributed by atoms with Gasteiger partial charge in [-0.3, -0.25) is 19.8 Å². The van der Waals surface area contributed by atoms with Gasteiger partial charge in [0.25, 0.3) is 5.69 Å². The van der Waals surface area contributed by atoms with E-state index in [0.717, 1.165) is 29.3 Å². The molecular formula is C21H25N3O4S. The second-order valence-corrected chi connectivity index (χ2v) is 7.93. The smallest absolute Gasteiger partial charge is 0.269 e. The van der Waals surface area contributed by atoms with E-state index in [0.29, 0.717) is 6.54 Å². The van der Waals surface area contributed by atoms with Crippen molar-refractivity contribution in [2.75, 3.05) is 32.5 Å². The quantitative estimate of drug-likeness (QED) is 0.382. The minimum absolute atomic E-state index is 0.0468. The van der Waals surface area contributed by atoms with Crippen LogP contribution in [-0.4, -0.2) is 48.2 Å². The number of likely N-dealkylation sites (tertiary alicyclic amines) is 1. The Morgan fingerprint density at radius 2 is 1.97 bits per heavy atom. The molecule has 154 valence electrons. The number of nitro groups is 1. The van der Waals surface area contributed by atoms with Crippen molar-refractivity contribution < 1.29 is 14.5 Å². The summed E-state index contributed by atoms with van der Waals surface area (Å²) in [6, 6.07) is 14.3. The Hall–Kier alpha value is -2.58. The fourth-order valence-electron chi connectivity index (χ4n) is 3.43. The summed E-state index contributed by atoms with van der Waals surface area (Å²) in [6.07, 6.45) is 2.34. The van der Waals surface area contributed by atoms with E-state index in [4.69, 9.17) is 4.74 Å². The number of amides is 1. The molecule has 0 radical (unpaired) electrons. The molecule has 0 saturated carbocycles. The van der Waals surface area contributed by atoms with Gasteiger partial charge in [0.15, 0.2) is 0 Å². The molecule has 1 atom stereocenters. The molecule has 1 saturated heterocycles. The minimum Gasteiger partial charge on any atom is -0.497 e. The number of nitrogens with zero attached hydrogens (tertiary/aromatic N) is 2. The third-order valence-corrected chi connectivity index (χ3v) is 5.98. The van der Waals surface area contributed by atoms with Crippen LogP contribution in [0.25, 0.3) is 0 Å². The molecule has 7 nitrogen and oxygen atoms in total. The number of benzene rings is 2. The van der Waals surface area contributed by atoms with Crippen LogP contribution in [0.2, 0.25) is 0 Å². The van der Waals surface area contributed by atoms with Gasteiger partial charge in [-0.15, -0.1) is 11.8 Å². The van der Waals surface area contributed by atoms with Crippen LogP contribution in [0.15, 0.2) is 53.4 Å². The number of non-ortho nitro benzene ring substituents is 1. The van der Waals surface area contributed by atoms with E-state index < -0.39 is 4.92 Å². The highest BCUT2D eigenvalue weighted by Gasteiger charge is 2.24. The van der Waals surface area contributed by atoms with Gasteiger partial charge in [-0.2, -0.15) is 0 Å². The number of carbonyl (C=O) groups excluding carboxylic acids is 1. The van der Waals surface area contributed by atoms with Crippen LogP contribution in [-0.2, 0) is 4.79 Å². The average Bonchev–Trinajstić information content (AvgIpc) is 3.27. The van der Waals surface area contributed by atoms with E-state index in [9.17, 15) is 14.9 Å². The summed E-state index contributed by atoms with van der Waals surface area (Å²) in [4.78, 5) is 25.9. The van der Waals surface area contributed by atoms with Gasteiger partial charge in [-0.1, -0.05) is 12.1 Å². The first-order valence-corrected chi connectivity index (χ1v) is 10.6. The van der Waals surface area contributed by atoms with Crippen molar-refractivity contribution in [2.45, 2.75) is 23.8 Å². The van der Waals surface area contributed by atoms with E-state index in [1.807, 2.05) is 18.2 Å². The molecule has 1 aliphatic rings.